The van der Waals surface area contributed by atoms with Crippen molar-refractivity contribution in [2.75, 3.05) is 26.1 Å². The summed E-state index contributed by atoms with van der Waals surface area (Å²) < 4.78 is 5.01. The Morgan fingerprint density at radius 1 is 1.53 bits per heavy atom. The quantitative estimate of drug-likeness (QED) is 0.843. The van der Waals surface area contributed by atoms with E-state index in [1.165, 1.54) is 4.90 Å². The van der Waals surface area contributed by atoms with Crippen LogP contribution in [0.3, 0.4) is 0 Å². The van der Waals surface area contributed by atoms with Crippen LogP contribution in [0.2, 0.25) is 5.02 Å². The van der Waals surface area contributed by atoms with Crippen molar-refractivity contribution in [3.8, 4) is 5.75 Å². The zero-order valence-electron chi connectivity index (χ0n) is 8.87. The number of benzene rings is 1. The van der Waals surface area contributed by atoms with Gasteiger partial charge in [-0.25, -0.2) is 4.79 Å². The van der Waals surface area contributed by atoms with Crippen LogP contribution in [0.25, 0.3) is 0 Å². The minimum Gasteiger partial charge on any atom is -0.497 e. The van der Waals surface area contributed by atoms with E-state index < -0.39 is 0 Å². The summed E-state index contributed by atoms with van der Waals surface area (Å²) in [5.74, 6) is 0.661. The maximum absolute atomic E-state index is 11.3. The van der Waals surface area contributed by atoms with E-state index in [9.17, 15) is 4.79 Å². The lowest BCUT2D eigenvalue weighted by atomic mass is 10.3. The van der Waals surface area contributed by atoms with Crippen LogP contribution in [0.5, 0.6) is 5.75 Å². The molecule has 0 aliphatic carbocycles. The number of carbonyl (C=O) groups excluding carboxylic acids is 1. The Balaban J connectivity index is 3.00. The lowest BCUT2D eigenvalue weighted by Gasteiger charge is -2.18. The Morgan fingerprint density at radius 3 is 2.67 bits per heavy atom. The summed E-state index contributed by atoms with van der Waals surface area (Å²) >= 11 is 6.00. The molecule has 0 heterocycles. The molecule has 1 aromatic carbocycles. The molecule has 0 aliphatic rings. The van der Waals surface area contributed by atoms with Gasteiger partial charge in [-0.2, -0.15) is 0 Å². The molecule has 1 aromatic rings. The van der Waals surface area contributed by atoms with Crippen molar-refractivity contribution >= 4 is 23.3 Å². The number of carbonyl (C=O) groups is 1. The van der Waals surface area contributed by atoms with E-state index in [1.54, 1.807) is 39.4 Å². The number of amides is 2. The molecule has 5 heteroatoms. The number of rotatable bonds is 2. The molecule has 0 unspecified atom stereocenters. The van der Waals surface area contributed by atoms with Gasteiger partial charge >= 0.3 is 6.03 Å². The van der Waals surface area contributed by atoms with Crippen LogP contribution >= 0.6 is 11.6 Å². The van der Waals surface area contributed by atoms with E-state index in [-0.39, 0.29) is 6.03 Å². The lowest BCUT2D eigenvalue weighted by molar-refractivity contribution is 0.249. The number of hydrogen-bond acceptors (Lipinski definition) is 2. The highest BCUT2D eigenvalue weighted by atomic mass is 35.5. The number of hydrogen-bond donors (Lipinski definition) is 1. The topological polar surface area (TPSA) is 41.6 Å². The van der Waals surface area contributed by atoms with E-state index in [2.05, 4.69) is 5.32 Å². The Labute approximate surface area is 93.8 Å². The van der Waals surface area contributed by atoms with Crippen LogP contribution in [-0.2, 0) is 0 Å². The minimum atomic E-state index is -0.220. The van der Waals surface area contributed by atoms with Crippen LogP contribution in [0, 0.1) is 0 Å². The van der Waals surface area contributed by atoms with Gasteiger partial charge in [0.15, 0.2) is 0 Å². The van der Waals surface area contributed by atoms with Crippen LogP contribution in [0.15, 0.2) is 18.2 Å². The fourth-order valence-corrected chi connectivity index (χ4v) is 1.46. The van der Waals surface area contributed by atoms with Gasteiger partial charge in [-0.3, -0.25) is 4.90 Å². The molecular formula is C10H13ClN2O2. The van der Waals surface area contributed by atoms with Crippen molar-refractivity contribution in [3.05, 3.63) is 23.2 Å². The molecule has 2 amide bonds. The van der Waals surface area contributed by atoms with Gasteiger partial charge in [-0.05, 0) is 12.1 Å². The summed E-state index contributed by atoms with van der Waals surface area (Å²) in [6.07, 6.45) is 0. The van der Waals surface area contributed by atoms with E-state index in [0.717, 1.165) is 0 Å². The highest BCUT2D eigenvalue weighted by Gasteiger charge is 2.12. The number of anilines is 1. The molecule has 1 rings (SSSR count). The summed E-state index contributed by atoms with van der Waals surface area (Å²) in [6.45, 7) is 0. The first kappa shape index (κ1) is 11.7. The van der Waals surface area contributed by atoms with Gasteiger partial charge in [0, 0.05) is 20.2 Å². The number of nitrogens with one attached hydrogen (secondary N) is 1. The smallest absolute Gasteiger partial charge is 0.321 e. The summed E-state index contributed by atoms with van der Waals surface area (Å²) in [5, 5.41) is 2.99. The van der Waals surface area contributed by atoms with E-state index >= 15 is 0 Å². The van der Waals surface area contributed by atoms with Gasteiger partial charge in [-0.15, -0.1) is 0 Å². The van der Waals surface area contributed by atoms with Crippen molar-refractivity contribution in [1.82, 2.24) is 5.32 Å². The van der Waals surface area contributed by atoms with E-state index in [4.69, 9.17) is 16.3 Å². The second kappa shape index (κ2) is 4.89. The number of nitrogens with zero attached hydrogens (tertiary/aromatic N) is 1. The van der Waals surface area contributed by atoms with Crippen molar-refractivity contribution in [1.29, 1.82) is 0 Å². The lowest BCUT2D eigenvalue weighted by Crippen LogP contribution is -2.34. The van der Waals surface area contributed by atoms with Gasteiger partial charge in [0.25, 0.3) is 0 Å². The zero-order chi connectivity index (χ0) is 11.4. The average Bonchev–Trinajstić information content (AvgIpc) is 2.26. The van der Waals surface area contributed by atoms with Crippen LogP contribution in [-0.4, -0.2) is 27.2 Å². The Bertz CT molecular complexity index is 368. The normalized spacial score (nSPS) is 9.60. The minimum absolute atomic E-state index is 0.220. The van der Waals surface area contributed by atoms with Gasteiger partial charge in [0.1, 0.15) is 5.75 Å². The van der Waals surface area contributed by atoms with Crippen LogP contribution in [0.4, 0.5) is 10.5 Å². The second-order valence-electron chi connectivity index (χ2n) is 2.93. The first-order valence-corrected chi connectivity index (χ1v) is 4.77. The molecule has 0 saturated carbocycles. The third-order valence-electron chi connectivity index (χ3n) is 2.03. The van der Waals surface area contributed by atoms with Crippen molar-refractivity contribution < 1.29 is 9.53 Å². The Kier molecular flexibility index (Phi) is 3.80. The first-order valence-electron chi connectivity index (χ1n) is 4.39. The summed E-state index contributed by atoms with van der Waals surface area (Å²) in [5.41, 5.74) is 0.636. The third-order valence-corrected chi connectivity index (χ3v) is 2.34. The van der Waals surface area contributed by atoms with Gasteiger partial charge in [-0.1, -0.05) is 11.6 Å². The summed E-state index contributed by atoms with van der Waals surface area (Å²) in [4.78, 5) is 12.8. The highest BCUT2D eigenvalue weighted by molar-refractivity contribution is 6.33. The fraction of sp³-hybridized carbons (Fsp3) is 0.300. The van der Waals surface area contributed by atoms with Crippen molar-refractivity contribution in [2.24, 2.45) is 0 Å². The standard InChI is InChI=1S/C10H13ClN2O2/c1-12-10(14)13(2)9-5-4-7(15-3)6-8(9)11/h4-6H,1-3H3,(H,12,14). The van der Waals surface area contributed by atoms with Gasteiger partial charge in [0.05, 0.1) is 17.8 Å². The molecule has 0 spiro atoms. The average molecular weight is 229 g/mol. The zero-order valence-corrected chi connectivity index (χ0v) is 9.63. The van der Waals surface area contributed by atoms with E-state index in [1.807, 2.05) is 0 Å². The molecule has 0 aromatic heterocycles. The Morgan fingerprint density at radius 2 is 2.20 bits per heavy atom. The van der Waals surface area contributed by atoms with Crippen LogP contribution < -0.4 is 15.0 Å². The molecule has 0 fully saturated rings. The fourth-order valence-electron chi connectivity index (χ4n) is 1.16. The third kappa shape index (κ3) is 2.53. The second-order valence-corrected chi connectivity index (χ2v) is 3.34. The number of halogens is 1. The summed E-state index contributed by atoms with van der Waals surface area (Å²) in [7, 11) is 4.77. The predicted molar refractivity (Wildman–Crippen MR) is 60.9 cm³/mol. The van der Waals surface area contributed by atoms with Crippen LogP contribution in [0.1, 0.15) is 0 Å². The molecule has 0 saturated heterocycles. The molecular weight excluding hydrogens is 216 g/mol. The predicted octanol–water partition coefficient (Wildman–Crippen LogP) is 2.12. The first-order chi connectivity index (χ1) is 7.10. The number of ether oxygens (including phenoxy) is 1. The molecule has 0 bridgehead atoms. The van der Waals surface area contributed by atoms with Gasteiger partial charge < -0.3 is 10.1 Å². The molecule has 82 valence electrons. The Hall–Kier alpha value is -1.42. The highest BCUT2D eigenvalue weighted by Crippen LogP contribution is 2.28. The molecule has 0 radical (unpaired) electrons. The van der Waals surface area contributed by atoms with Gasteiger partial charge in [0.2, 0.25) is 0 Å². The molecule has 4 nitrogen and oxygen atoms in total. The SMILES string of the molecule is CNC(=O)N(C)c1ccc(OC)cc1Cl. The van der Waals surface area contributed by atoms with Crippen molar-refractivity contribution in [2.45, 2.75) is 0 Å². The molecule has 0 atom stereocenters. The number of methoxy groups -OCH3 is 1. The molecule has 15 heavy (non-hydrogen) atoms. The monoisotopic (exact) mass is 228 g/mol. The van der Waals surface area contributed by atoms with Crippen molar-refractivity contribution in [3.63, 3.8) is 0 Å². The maximum atomic E-state index is 11.3. The molecule has 1 N–H and O–H groups in total. The number of urea groups is 1. The maximum Gasteiger partial charge on any atom is 0.321 e. The van der Waals surface area contributed by atoms with E-state index in [0.29, 0.717) is 16.5 Å². The largest absolute Gasteiger partial charge is 0.497 e. The molecule has 0 aliphatic heterocycles. The summed E-state index contributed by atoms with van der Waals surface area (Å²) in [6, 6.07) is 4.93.